The Morgan fingerprint density at radius 2 is 1.97 bits per heavy atom. The van der Waals surface area contributed by atoms with Gasteiger partial charge in [-0.3, -0.25) is 14.7 Å². The van der Waals surface area contributed by atoms with Crippen LogP contribution in [0.3, 0.4) is 0 Å². The number of hydrogen-bond donors (Lipinski definition) is 1. The van der Waals surface area contributed by atoms with Gasteiger partial charge in [0.25, 0.3) is 5.91 Å². The van der Waals surface area contributed by atoms with Crippen LogP contribution in [0.15, 0.2) is 48.7 Å². The number of ether oxygens (including phenoxy) is 3. The van der Waals surface area contributed by atoms with Crippen LogP contribution < -0.4 is 0 Å². The predicted octanol–water partition coefficient (Wildman–Crippen LogP) is 2.12. The van der Waals surface area contributed by atoms with Gasteiger partial charge < -0.3 is 19.1 Å². The van der Waals surface area contributed by atoms with Gasteiger partial charge in [-0.05, 0) is 42.0 Å². The molecule has 0 saturated carbocycles. The fourth-order valence-corrected chi connectivity index (χ4v) is 4.36. The second-order valence-corrected chi connectivity index (χ2v) is 8.77. The summed E-state index contributed by atoms with van der Waals surface area (Å²) in [6.07, 6.45) is 1.87. The number of carbonyl (C=O) groups is 2. The lowest BCUT2D eigenvalue weighted by Gasteiger charge is -2.26. The molecule has 36 heavy (non-hydrogen) atoms. The van der Waals surface area contributed by atoms with Crippen molar-refractivity contribution in [2.45, 2.75) is 19.1 Å². The molecular formula is C25H24N6O5. The highest BCUT2D eigenvalue weighted by Crippen LogP contribution is 2.27. The van der Waals surface area contributed by atoms with E-state index in [1.165, 1.54) is 0 Å². The molecule has 4 aromatic rings. The molecule has 0 bridgehead atoms. The van der Waals surface area contributed by atoms with Gasteiger partial charge in [-0.1, -0.05) is 11.3 Å². The largest absolute Gasteiger partial charge is 0.463 e. The van der Waals surface area contributed by atoms with E-state index in [1.807, 2.05) is 30.3 Å². The average Bonchev–Trinajstić information content (AvgIpc) is 3.67. The summed E-state index contributed by atoms with van der Waals surface area (Å²) >= 11 is 0. The molecule has 2 aromatic carbocycles. The molecule has 0 unspecified atom stereocenters. The van der Waals surface area contributed by atoms with E-state index in [2.05, 4.69) is 20.5 Å². The SMILES string of the molecule is O=C1C[C@H](OCc2ccc3[nH]nc(-c4cn(-c5ccc(C(=O)N6CCOCC6)cc5)nn4)c3c2)CO1. The van der Waals surface area contributed by atoms with Crippen LogP contribution in [0.25, 0.3) is 28.0 Å². The first-order valence-electron chi connectivity index (χ1n) is 11.8. The number of aromatic amines is 1. The highest BCUT2D eigenvalue weighted by Gasteiger charge is 2.24. The minimum Gasteiger partial charge on any atom is -0.463 e. The number of cyclic esters (lactones) is 1. The van der Waals surface area contributed by atoms with Crippen molar-refractivity contribution >= 4 is 22.8 Å². The number of H-pyrrole nitrogens is 1. The molecule has 2 aromatic heterocycles. The van der Waals surface area contributed by atoms with E-state index in [9.17, 15) is 9.59 Å². The minimum atomic E-state index is -0.228. The third-order valence-electron chi connectivity index (χ3n) is 6.35. The number of nitrogens with one attached hydrogen (secondary N) is 1. The van der Waals surface area contributed by atoms with Crippen LogP contribution in [0.1, 0.15) is 22.3 Å². The zero-order valence-electron chi connectivity index (χ0n) is 19.4. The minimum absolute atomic E-state index is 0.000961. The highest BCUT2D eigenvalue weighted by atomic mass is 16.6. The third-order valence-corrected chi connectivity index (χ3v) is 6.35. The van der Waals surface area contributed by atoms with E-state index in [-0.39, 0.29) is 24.4 Å². The smallest absolute Gasteiger partial charge is 0.308 e. The molecule has 2 saturated heterocycles. The summed E-state index contributed by atoms with van der Waals surface area (Å²) in [4.78, 5) is 25.8. The number of nitrogens with zero attached hydrogens (tertiary/aromatic N) is 5. The molecule has 0 radical (unpaired) electrons. The summed E-state index contributed by atoms with van der Waals surface area (Å²) in [6.45, 7) is 3.00. The number of esters is 1. The van der Waals surface area contributed by atoms with E-state index < -0.39 is 0 Å². The van der Waals surface area contributed by atoms with Crippen molar-refractivity contribution < 1.29 is 23.8 Å². The Kier molecular flexibility index (Phi) is 5.91. The monoisotopic (exact) mass is 488 g/mol. The molecule has 0 aliphatic carbocycles. The summed E-state index contributed by atoms with van der Waals surface area (Å²) in [5.74, 6) is -0.229. The van der Waals surface area contributed by atoms with Crippen LogP contribution >= 0.6 is 0 Å². The Morgan fingerprint density at radius 3 is 2.75 bits per heavy atom. The van der Waals surface area contributed by atoms with Crippen LogP contribution in [0, 0.1) is 0 Å². The van der Waals surface area contributed by atoms with Crippen molar-refractivity contribution in [2.75, 3.05) is 32.9 Å². The maximum Gasteiger partial charge on any atom is 0.308 e. The Balaban J connectivity index is 1.18. The van der Waals surface area contributed by atoms with Gasteiger partial charge in [0.2, 0.25) is 0 Å². The van der Waals surface area contributed by atoms with E-state index in [0.29, 0.717) is 56.5 Å². The Hall–Kier alpha value is -4.09. The molecule has 11 heteroatoms. The van der Waals surface area contributed by atoms with Crippen LogP contribution in [-0.4, -0.2) is 81.0 Å². The van der Waals surface area contributed by atoms with Crippen molar-refractivity contribution in [2.24, 2.45) is 0 Å². The summed E-state index contributed by atoms with van der Waals surface area (Å²) < 4.78 is 17.7. The maximum atomic E-state index is 12.7. The van der Waals surface area contributed by atoms with Gasteiger partial charge in [-0.25, -0.2) is 4.68 Å². The zero-order chi connectivity index (χ0) is 24.5. The first-order valence-corrected chi connectivity index (χ1v) is 11.8. The topological polar surface area (TPSA) is 124 Å². The molecule has 6 rings (SSSR count). The van der Waals surface area contributed by atoms with Crippen molar-refractivity contribution in [1.29, 1.82) is 0 Å². The van der Waals surface area contributed by atoms with Crippen LogP contribution in [0.5, 0.6) is 0 Å². The Labute approximate surface area is 205 Å². The number of amides is 1. The molecule has 0 spiro atoms. The molecule has 2 fully saturated rings. The van der Waals surface area contributed by atoms with Gasteiger partial charge in [0, 0.05) is 24.0 Å². The van der Waals surface area contributed by atoms with Gasteiger partial charge in [0.05, 0.1) is 43.6 Å². The highest BCUT2D eigenvalue weighted by molar-refractivity contribution is 5.94. The summed E-state index contributed by atoms with van der Waals surface area (Å²) in [5, 5.41) is 17.0. The lowest BCUT2D eigenvalue weighted by atomic mass is 10.1. The molecular weight excluding hydrogens is 464 g/mol. The van der Waals surface area contributed by atoms with Crippen LogP contribution in [-0.2, 0) is 25.6 Å². The van der Waals surface area contributed by atoms with Gasteiger partial charge in [-0.2, -0.15) is 5.10 Å². The molecule has 184 valence electrons. The van der Waals surface area contributed by atoms with Crippen molar-refractivity contribution in [3.63, 3.8) is 0 Å². The van der Waals surface area contributed by atoms with E-state index in [0.717, 1.165) is 22.2 Å². The first kappa shape index (κ1) is 22.4. The van der Waals surface area contributed by atoms with Gasteiger partial charge in [-0.15, -0.1) is 5.10 Å². The second-order valence-electron chi connectivity index (χ2n) is 8.77. The van der Waals surface area contributed by atoms with Crippen molar-refractivity contribution in [3.05, 3.63) is 59.8 Å². The summed E-state index contributed by atoms with van der Waals surface area (Å²) in [5.41, 5.74) is 4.53. The number of aromatic nitrogens is 5. The van der Waals surface area contributed by atoms with Crippen LogP contribution in [0.4, 0.5) is 0 Å². The fourth-order valence-electron chi connectivity index (χ4n) is 4.36. The van der Waals surface area contributed by atoms with Crippen LogP contribution in [0.2, 0.25) is 0 Å². The maximum absolute atomic E-state index is 12.7. The van der Waals surface area contributed by atoms with Gasteiger partial charge in [0.1, 0.15) is 24.1 Å². The molecule has 2 aliphatic rings. The number of rotatable bonds is 6. The fraction of sp³-hybridized carbons (Fsp3) is 0.320. The third kappa shape index (κ3) is 4.45. The Bertz CT molecular complexity index is 1410. The average molecular weight is 489 g/mol. The Morgan fingerprint density at radius 1 is 1.14 bits per heavy atom. The van der Waals surface area contributed by atoms with Crippen molar-refractivity contribution in [1.82, 2.24) is 30.1 Å². The predicted molar refractivity (Wildman–Crippen MR) is 127 cm³/mol. The number of morpholine rings is 1. The number of hydrogen-bond acceptors (Lipinski definition) is 8. The summed E-state index contributed by atoms with van der Waals surface area (Å²) in [7, 11) is 0. The molecule has 1 amide bonds. The van der Waals surface area contributed by atoms with E-state index >= 15 is 0 Å². The lowest BCUT2D eigenvalue weighted by Crippen LogP contribution is -2.40. The number of fused-ring (bicyclic) bond motifs is 1. The van der Waals surface area contributed by atoms with E-state index in [1.54, 1.807) is 27.9 Å². The molecule has 11 nitrogen and oxygen atoms in total. The second kappa shape index (κ2) is 9.51. The number of benzene rings is 2. The molecule has 1 N–H and O–H groups in total. The molecule has 1 atom stereocenters. The standard InChI is InChI=1S/C25H24N6O5/c32-23-12-19(15-36-23)35-14-16-1-6-21-20(11-16)24(28-26-21)22-13-31(29-27-22)18-4-2-17(3-5-18)25(33)30-7-9-34-10-8-30/h1-6,11,13,19H,7-10,12,14-15H2,(H,26,28)/t19-/m0/s1. The zero-order valence-corrected chi connectivity index (χ0v) is 19.4. The normalized spacial score (nSPS) is 18.1. The lowest BCUT2D eigenvalue weighted by molar-refractivity contribution is -0.137. The van der Waals surface area contributed by atoms with Gasteiger partial charge >= 0.3 is 5.97 Å². The molecule has 4 heterocycles. The van der Waals surface area contributed by atoms with Gasteiger partial charge in [0.15, 0.2) is 0 Å². The van der Waals surface area contributed by atoms with Crippen molar-refractivity contribution in [3.8, 4) is 17.1 Å². The first-order chi connectivity index (χ1) is 17.6. The quantitative estimate of drug-likeness (QED) is 0.409. The molecule has 2 aliphatic heterocycles. The number of carbonyl (C=O) groups excluding carboxylic acids is 2. The van der Waals surface area contributed by atoms with E-state index in [4.69, 9.17) is 14.2 Å². The summed E-state index contributed by atoms with van der Waals surface area (Å²) in [6, 6.07) is 13.2.